The van der Waals surface area contributed by atoms with Crippen LogP contribution < -0.4 is 11.1 Å². The lowest BCUT2D eigenvalue weighted by Crippen LogP contribution is -2.48. The van der Waals surface area contributed by atoms with Gasteiger partial charge in [-0.1, -0.05) is 27.7 Å². The van der Waals surface area contributed by atoms with Gasteiger partial charge in [0.25, 0.3) is 0 Å². The summed E-state index contributed by atoms with van der Waals surface area (Å²) in [5.41, 5.74) is 5.13. The van der Waals surface area contributed by atoms with E-state index in [0.717, 1.165) is 0 Å². The fourth-order valence-electron chi connectivity index (χ4n) is 0.977. The molecular weight excluding hydrogens is 196 g/mol. The molecule has 15 heavy (non-hydrogen) atoms. The maximum atomic E-state index is 11.2. The van der Waals surface area contributed by atoms with Gasteiger partial charge >= 0.3 is 6.09 Å². The Morgan fingerprint density at radius 2 is 1.80 bits per heavy atom. The number of carbonyl (C=O) groups is 2. The molecule has 0 aromatic rings. The number of nitrogens with one attached hydrogen (secondary N) is 1. The highest BCUT2D eigenvalue weighted by Crippen LogP contribution is 2.01. The molecule has 88 valence electrons. The van der Waals surface area contributed by atoms with Crippen LogP contribution in [0.3, 0.4) is 0 Å². The minimum absolute atomic E-state index is 0.0471. The molecule has 0 aliphatic heterocycles. The van der Waals surface area contributed by atoms with E-state index in [4.69, 9.17) is 10.5 Å². The van der Waals surface area contributed by atoms with Crippen LogP contribution in [0.4, 0.5) is 4.79 Å². The fourth-order valence-corrected chi connectivity index (χ4v) is 0.977. The zero-order valence-electron chi connectivity index (χ0n) is 9.74. The molecular formula is C10H20N2O3. The highest BCUT2D eigenvalue weighted by Gasteiger charge is 2.22. The molecule has 0 aromatic heterocycles. The third-order valence-corrected chi connectivity index (χ3v) is 1.79. The summed E-state index contributed by atoms with van der Waals surface area (Å²) in [4.78, 5) is 22.2. The summed E-state index contributed by atoms with van der Waals surface area (Å²) in [6.45, 7) is 7.80. The van der Waals surface area contributed by atoms with Crippen molar-refractivity contribution < 1.29 is 14.3 Å². The first-order valence-electron chi connectivity index (χ1n) is 5.07. The number of ether oxygens (including phenoxy) is 1. The van der Waals surface area contributed by atoms with Crippen LogP contribution in [0.1, 0.15) is 27.7 Å². The van der Waals surface area contributed by atoms with Gasteiger partial charge in [-0.15, -0.1) is 0 Å². The van der Waals surface area contributed by atoms with Crippen molar-refractivity contribution in [2.24, 2.45) is 17.6 Å². The zero-order chi connectivity index (χ0) is 12.0. The molecule has 0 radical (unpaired) electrons. The number of amides is 2. The van der Waals surface area contributed by atoms with Gasteiger partial charge in [-0.05, 0) is 11.8 Å². The van der Waals surface area contributed by atoms with Crippen LogP contribution in [0.15, 0.2) is 0 Å². The van der Waals surface area contributed by atoms with Gasteiger partial charge in [0.1, 0.15) is 6.04 Å². The summed E-state index contributed by atoms with van der Waals surface area (Å²) >= 11 is 0. The molecule has 3 N–H and O–H groups in total. The standard InChI is InChI=1S/C10H20N2O3/c1-6(2)5-15-10(14)12-8(7(3)4)9(11)13/h6-8H,5H2,1-4H3,(H2,11,13)(H,12,14). The van der Waals surface area contributed by atoms with Gasteiger partial charge in [-0.3, -0.25) is 4.79 Å². The second-order valence-corrected chi connectivity index (χ2v) is 4.26. The van der Waals surface area contributed by atoms with Crippen LogP contribution in [0, 0.1) is 11.8 Å². The van der Waals surface area contributed by atoms with E-state index in [-0.39, 0.29) is 11.8 Å². The molecule has 5 heteroatoms. The first-order valence-corrected chi connectivity index (χ1v) is 5.07. The number of alkyl carbamates (subject to hydrolysis) is 1. The molecule has 0 fully saturated rings. The average Bonchev–Trinajstić information content (AvgIpc) is 2.09. The van der Waals surface area contributed by atoms with Gasteiger partial charge < -0.3 is 15.8 Å². The molecule has 0 aromatic carbocycles. The Bertz CT molecular complexity index is 227. The van der Waals surface area contributed by atoms with Gasteiger partial charge in [-0.25, -0.2) is 4.79 Å². The van der Waals surface area contributed by atoms with Crippen LogP contribution in [0.2, 0.25) is 0 Å². The van der Waals surface area contributed by atoms with Crippen LogP contribution in [0.5, 0.6) is 0 Å². The van der Waals surface area contributed by atoms with Gasteiger partial charge in [0.15, 0.2) is 0 Å². The van der Waals surface area contributed by atoms with Gasteiger partial charge in [0, 0.05) is 0 Å². The lowest BCUT2D eigenvalue weighted by Gasteiger charge is -2.18. The predicted molar refractivity (Wildman–Crippen MR) is 57.1 cm³/mol. The van der Waals surface area contributed by atoms with Crippen LogP contribution in [-0.2, 0) is 9.53 Å². The number of rotatable bonds is 5. The third-order valence-electron chi connectivity index (χ3n) is 1.79. The van der Waals surface area contributed by atoms with Gasteiger partial charge in [0.2, 0.25) is 5.91 Å². The molecule has 0 aliphatic rings. The summed E-state index contributed by atoms with van der Waals surface area (Å²) in [5, 5.41) is 2.44. The average molecular weight is 216 g/mol. The van der Waals surface area contributed by atoms with Crippen molar-refractivity contribution in [1.29, 1.82) is 0 Å². The number of hydrogen-bond acceptors (Lipinski definition) is 3. The Hall–Kier alpha value is -1.26. The van der Waals surface area contributed by atoms with Crippen molar-refractivity contribution in [3.8, 4) is 0 Å². The summed E-state index contributed by atoms with van der Waals surface area (Å²) in [6.07, 6.45) is -0.596. The third kappa shape index (κ3) is 5.93. The molecule has 0 saturated heterocycles. The molecule has 5 nitrogen and oxygen atoms in total. The number of nitrogens with two attached hydrogens (primary N) is 1. The predicted octanol–water partition coefficient (Wildman–Crippen LogP) is 0.878. The van der Waals surface area contributed by atoms with Crippen molar-refractivity contribution in [3.63, 3.8) is 0 Å². The minimum atomic E-state index is -0.676. The topological polar surface area (TPSA) is 81.4 Å². The van der Waals surface area contributed by atoms with Crippen molar-refractivity contribution in [3.05, 3.63) is 0 Å². The van der Waals surface area contributed by atoms with Crippen LogP contribution in [0.25, 0.3) is 0 Å². The maximum absolute atomic E-state index is 11.2. The van der Waals surface area contributed by atoms with E-state index in [2.05, 4.69) is 5.32 Å². The zero-order valence-corrected chi connectivity index (χ0v) is 9.74. The molecule has 1 unspecified atom stereocenters. The normalized spacial score (nSPS) is 12.7. The quantitative estimate of drug-likeness (QED) is 0.715. The second kappa shape index (κ2) is 6.27. The smallest absolute Gasteiger partial charge is 0.407 e. The maximum Gasteiger partial charge on any atom is 0.407 e. The summed E-state index contributed by atoms with van der Waals surface area (Å²) in [7, 11) is 0. The first-order chi connectivity index (χ1) is 6.84. The Morgan fingerprint density at radius 1 is 1.27 bits per heavy atom. The lowest BCUT2D eigenvalue weighted by atomic mass is 10.0. The van der Waals surface area contributed by atoms with Gasteiger partial charge in [0.05, 0.1) is 6.61 Å². The molecule has 0 bridgehead atoms. The Balaban J connectivity index is 4.07. The lowest BCUT2D eigenvalue weighted by molar-refractivity contribution is -0.120. The van der Waals surface area contributed by atoms with Crippen molar-refractivity contribution >= 4 is 12.0 Å². The van der Waals surface area contributed by atoms with E-state index < -0.39 is 18.0 Å². The van der Waals surface area contributed by atoms with Gasteiger partial charge in [-0.2, -0.15) is 0 Å². The molecule has 0 rings (SSSR count). The van der Waals surface area contributed by atoms with Crippen molar-refractivity contribution in [2.75, 3.05) is 6.61 Å². The molecule has 2 amide bonds. The highest BCUT2D eigenvalue weighted by atomic mass is 16.5. The summed E-state index contributed by atoms with van der Waals surface area (Å²) in [5.74, 6) is -0.331. The number of carbonyl (C=O) groups excluding carboxylic acids is 2. The fraction of sp³-hybridized carbons (Fsp3) is 0.800. The highest BCUT2D eigenvalue weighted by molar-refractivity contribution is 5.84. The summed E-state index contributed by atoms with van der Waals surface area (Å²) < 4.78 is 4.88. The Labute approximate surface area is 90.4 Å². The van der Waals surface area contributed by atoms with E-state index in [1.54, 1.807) is 13.8 Å². The molecule has 0 spiro atoms. The number of hydrogen-bond donors (Lipinski definition) is 2. The second-order valence-electron chi connectivity index (χ2n) is 4.26. The number of primary amides is 1. The van der Waals surface area contributed by atoms with E-state index >= 15 is 0 Å². The van der Waals surface area contributed by atoms with E-state index in [1.807, 2.05) is 13.8 Å². The Kier molecular flexibility index (Phi) is 5.74. The summed E-state index contributed by atoms with van der Waals surface area (Å²) in [6, 6.07) is -0.676. The largest absolute Gasteiger partial charge is 0.449 e. The van der Waals surface area contributed by atoms with E-state index in [0.29, 0.717) is 6.61 Å². The van der Waals surface area contributed by atoms with E-state index in [9.17, 15) is 9.59 Å². The SMILES string of the molecule is CC(C)COC(=O)NC(C(N)=O)C(C)C. The first kappa shape index (κ1) is 13.7. The van der Waals surface area contributed by atoms with E-state index in [1.165, 1.54) is 0 Å². The molecule has 0 aliphatic carbocycles. The van der Waals surface area contributed by atoms with Crippen LogP contribution in [-0.4, -0.2) is 24.6 Å². The van der Waals surface area contributed by atoms with Crippen molar-refractivity contribution in [1.82, 2.24) is 5.32 Å². The Morgan fingerprint density at radius 3 is 2.13 bits per heavy atom. The molecule has 1 atom stereocenters. The molecule has 0 heterocycles. The van der Waals surface area contributed by atoms with Crippen molar-refractivity contribution in [2.45, 2.75) is 33.7 Å². The monoisotopic (exact) mass is 216 g/mol. The minimum Gasteiger partial charge on any atom is -0.449 e. The van der Waals surface area contributed by atoms with Crippen LogP contribution >= 0.6 is 0 Å². The molecule has 0 saturated carbocycles.